The molecule has 0 spiro atoms. The SMILES string of the molecule is C[C@]1(F)[C@H](n2ccc(NC(=O)c3ccccc3)nc2=O)O[C@H](COC(=O)c2ccccc2)[C@]1(O)C(=O)c1ccccc1. The molecule has 0 bridgehead atoms. The number of rotatable bonds is 8. The zero-order chi connectivity index (χ0) is 29.9. The van der Waals surface area contributed by atoms with E-state index in [2.05, 4.69) is 10.3 Å². The monoisotopic (exact) mass is 571 g/mol. The van der Waals surface area contributed by atoms with E-state index in [1.807, 2.05) is 0 Å². The van der Waals surface area contributed by atoms with Gasteiger partial charge in [0.25, 0.3) is 5.91 Å². The Morgan fingerprint density at radius 3 is 2.05 bits per heavy atom. The molecule has 2 heterocycles. The molecule has 0 radical (unpaired) electrons. The lowest BCUT2D eigenvalue weighted by Crippen LogP contribution is -2.60. The highest BCUT2D eigenvalue weighted by atomic mass is 19.1. The van der Waals surface area contributed by atoms with Gasteiger partial charge in [-0.05, 0) is 37.3 Å². The van der Waals surface area contributed by atoms with Crippen LogP contribution in [0.5, 0.6) is 0 Å². The fourth-order valence-corrected chi connectivity index (χ4v) is 4.80. The van der Waals surface area contributed by atoms with Crippen molar-refractivity contribution in [2.75, 3.05) is 11.9 Å². The van der Waals surface area contributed by atoms with E-state index in [4.69, 9.17) is 9.47 Å². The molecule has 214 valence electrons. The molecule has 1 saturated heterocycles. The summed E-state index contributed by atoms with van der Waals surface area (Å²) in [5, 5.41) is 14.3. The van der Waals surface area contributed by atoms with E-state index in [1.165, 1.54) is 30.3 Å². The second-order valence-corrected chi connectivity index (χ2v) is 9.80. The zero-order valence-corrected chi connectivity index (χ0v) is 22.3. The molecule has 0 saturated carbocycles. The van der Waals surface area contributed by atoms with Crippen molar-refractivity contribution >= 4 is 23.5 Å². The van der Waals surface area contributed by atoms with Crippen LogP contribution in [0.3, 0.4) is 0 Å². The number of esters is 1. The number of nitrogens with zero attached hydrogens (tertiary/aromatic N) is 2. The van der Waals surface area contributed by atoms with E-state index in [1.54, 1.807) is 66.7 Å². The third kappa shape index (κ3) is 5.22. The highest BCUT2D eigenvalue weighted by molar-refractivity contribution is 6.04. The molecule has 4 aromatic rings. The van der Waals surface area contributed by atoms with Crippen LogP contribution in [0.4, 0.5) is 10.2 Å². The van der Waals surface area contributed by atoms with Gasteiger partial charge in [-0.2, -0.15) is 4.98 Å². The summed E-state index contributed by atoms with van der Waals surface area (Å²) < 4.78 is 28.6. The van der Waals surface area contributed by atoms with E-state index in [0.29, 0.717) is 5.56 Å². The Balaban J connectivity index is 1.46. The average Bonchev–Trinajstić information content (AvgIpc) is 3.21. The van der Waals surface area contributed by atoms with Crippen LogP contribution in [-0.4, -0.2) is 56.3 Å². The van der Waals surface area contributed by atoms with Gasteiger partial charge in [-0.25, -0.2) is 14.0 Å². The van der Waals surface area contributed by atoms with Gasteiger partial charge in [-0.1, -0.05) is 66.7 Å². The molecule has 1 aliphatic rings. The number of ether oxygens (including phenoxy) is 2. The normalized spacial score (nSPS) is 23.2. The fraction of sp³-hybridized carbons (Fsp3) is 0.194. The molecule has 42 heavy (non-hydrogen) atoms. The lowest BCUT2D eigenvalue weighted by molar-refractivity contribution is -0.0778. The van der Waals surface area contributed by atoms with Crippen molar-refractivity contribution in [2.24, 2.45) is 0 Å². The minimum absolute atomic E-state index is 0.0167. The highest BCUT2D eigenvalue weighted by Gasteiger charge is 2.70. The third-order valence-electron chi connectivity index (χ3n) is 7.09. The van der Waals surface area contributed by atoms with Crippen LogP contribution in [0, 0.1) is 0 Å². The van der Waals surface area contributed by atoms with E-state index in [0.717, 1.165) is 17.7 Å². The molecule has 0 unspecified atom stereocenters. The Morgan fingerprint density at radius 2 is 1.48 bits per heavy atom. The minimum atomic E-state index is -2.91. The molecule has 2 N–H and O–H groups in total. The Bertz CT molecular complexity index is 1660. The maximum atomic E-state index is 16.8. The smallest absolute Gasteiger partial charge is 0.351 e. The third-order valence-corrected chi connectivity index (χ3v) is 7.09. The van der Waals surface area contributed by atoms with Crippen LogP contribution >= 0.6 is 0 Å². The van der Waals surface area contributed by atoms with Crippen molar-refractivity contribution in [3.63, 3.8) is 0 Å². The molecule has 10 nitrogen and oxygen atoms in total. The number of carbonyl (C=O) groups excluding carboxylic acids is 3. The number of halogens is 1. The predicted molar refractivity (Wildman–Crippen MR) is 149 cm³/mol. The van der Waals surface area contributed by atoms with Crippen molar-refractivity contribution in [1.29, 1.82) is 0 Å². The first kappa shape index (κ1) is 28.5. The molecule has 1 fully saturated rings. The second kappa shape index (κ2) is 11.5. The van der Waals surface area contributed by atoms with E-state index >= 15 is 4.39 Å². The molecule has 5 rings (SSSR count). The molecule has 1 amide bonds. The van der Waals surface area contributed by atoms with Gasteiger partial charge in [0.05, 0.1) is 5.56 Å². The summed E-state index contributed by atoms with van der Waals surface area (Å²) in [6.45, 7) is 0.223. The largest absolute Gasteiger partial charge is 0.459 e. The van der Waals surface area contributed by atoms with Gasteiger partial charge in [0.1, 0.15) is 18.5 Å². The number of hydrogen-bond donors (Lipinski definition) is 2. The summed E-state index contributed by atoms with van der Waals surface area (Å²) in [4.78, 5) is 55.6. The molecule has 1 aromatic heterocycles. The molecule has 0 aliphatic carbocycles. The zero-order valence-electron chi connectivity index (χ0n) is 22.3. The van der Waals surface area contributed by atoms with Crippen molar-refractivity contribution in [1.82, 2.24) is 9.55 Å². The van der Waals surface area contributed by atoms with Gasteiger partial charge in [-0.3, -0.25) is 14.2 Å². The van der Waals surface area contributed by atoms with Crippen molar-refractivity contribution in [3.05, 3.63) is 130 Å². The number of hydrogen-bond acceptors (Lipinski definition) is 8. The first-order valence-corrected chi connectivity index (χ1v) is 13.0. The van der Waals surface area contributed by atoms with E-state index < -0.39 is 53.6 Å². The first-order valence-electron chi connectivity index (χ1n) is 13.0. The molecule has 3 aromatic carbocycles. The fourth-order valence-electron chi connectivity index (χ4n) is 4.80. The Kier molecular flexibility index (Phi) is 7.79. The quantitative estimate of drug-likeness (QED) is 0.242. The highest BCUT2D eigenvalue weighted by Crippen LogP contribution is 2.49. The first-order chi connectivity index (χ1) is 20.1. The topological polar surface area (TPSA) is 137 Å². The summed E-state index contributed by atoms with van der Waals surface area (Å²) >= 11 is 0. The summed E-state index contributed by atoms with van der Waals surface area (Å²) in [5.74, 6) is -2.43. The van der Waals surface area contributed by atoms with Crippen LogP contribution in [0.2, 0.25) is 0 Å². The number of benzene rings is 3. The minimum Gasteiger partial charge on any atom is -0.459 e. The van der Waals surface area contributed by atoms with Gasteiger partial charge >= 0.3 is 11.7 Å². The lowest BCUT2D eigenvalue weighted by Gasteiger charge is -2.35. The van der Waals surface area contributed by atoms with Crippen molar-refractivity contribution in [3.8, 4) is 0 Å². The predicted octanol–water partition coefficient (Wildman–Crippen LogP) is 3.59. The Labute approximate surface area is 239 Å². The summed E-state index contributed by atoms with van der Waals surface area (Å²) in [6.07, 6.45) is -2.43. The van der Waals surface area contributed by atoms with Gasteiger partial charge in [0.15, 0.2) is 17.5 Å². The van der Waals surface area contributed by atoms with Crippen LogP contribution in [0.1, 0.15) is 44.2 Å². The number of ketones is 1. The van der Waals surface area contributed by atoms with E-state index in [-0.39, 0.29) is 16.9 Å². The van der Waals surface area contributed by atoms with E-state index in [9.17, 15) is 24.3 Å². The average molecular weight is 572 g/mol. The number of alkyl halides is 1. The Hall–Kier alpha value is -5.00. The van der Waals surface area contributed by atoms with Crippen LogP contribution < -0.4 is 11.0 Å². The summed E-state index contributed by atoms with van der Waals surface area (Å²) in [5.41, 5.74) is -6.30. The molecular formula is C31H26FN3O7. The number of aliphatic hydroxyl groups is 1. The standard InChI is InChI=1S/C31H26FN3O7/c1-30(32)28(35-18-17-24(34-29(35)39)33-26(37)21-13-7-3-8-14-21)42-23(19-41-27(38)22-15-9-4-10-16-22)31(30,40)25(36)20-11-5-2-6-12-20/h2-18,23,28,40H,19H2,1H3,(H,33,34,37,39)/t23-,28-,30+,31+/m1/s1. The molecular weight excluding hydrogens is 545 g/mol. The molecule has 4 atom stereocenters. The van der Waals surface area contributed by atoms with Crippen LogP contribution in [-0.2, 0) is 9.47 Å². The summed E-state index contributed by atoms with van der Waals surface area (Å²) in [7, 11) is 0. The van der Waals surface area contributed by atoms with Crippen LogP contribution in [0.25, 0.3) is 0 Å². The number of anilines is 1. The maximum Gasteiger partial charge on any atom is 0.351 e. The molecule has 1 aliphatic heterocycles. The van der Waals surface area contributed by atoms with Gasteiger partial charge in [0, 0.05) is 17.3 Å². The number of aromatic nitrogens is 2. The van der Waals surface area contributed by atoms with Crippen molar-refractivity contribution in [2.45, 2.75) is 30.5 Å². The molecule has 11 heteroatoms. The second-order valence-electron chi connectivity index (χ2n) is 9.80. The number of amides is 1. The van der Waals surface area contributed by atoms with Gasteiger partial charge in [-0.15, -0.1) is 0 Å². The number of carbonyl (C=O) groups is 3. The number of Topliss-reactive ketones (excluding diaryl/α,β-unsaturated/α-hetero) is 1. The van der Waals surface area contributed by atoms with Gasteiger partial charge in [0.2, 0.25) is 5.78 Å². The van der Waals surface area contributed by atoms with Gasteiger partial charge < -0.3 is 19.9 Å². The number of nitrogens with one attached hydrogen (secondary N) is 1. The Morgan fingerprint density at radius 1 is 0.929 bits per heavy atom. The summed E-state index contributed by atoms with van der Waals surface area (Å²) in [6, 6.07) is 25.0. The van der Waals surface area contributed by atoms with Crippen LogP contribution in [0.15, 0.2) is 108 Å². The maximum absolute atomic E-state index is 16.8. The van der Waals surface area contributed by atoms with Crippen molar-refractivity contribution < 1.29 is 33.4 Å². The lowest BCUT2D eigenvalue weighted by atomic mass is 9.77.